The van der Waals surface area contributed by atoms with Crippen molar-refractivity contribution in [3.63, 3.8) is 0 Å². The molecule has 1 amide bonds. The largest absolute Gasteiger partial charge is 0.493 e. The lowest BCUT2D eigenvalue weighted by Gasteiger charge is -2.09. The van der Waals surface area contributed by atoms with Gasteiger partial charge in [0.25, 0.3) is 0 Å². The standard InChI is InChI=1S/C19H17ClFNO3/c1-3-10-25-17-8-4-13(11-18(17)24-2)5-9-19(23)22-16-7-6-14(20)12-15(16)21/h3-9,11-12H,1,10H2,2H3,(H,22,23)/b9-5+. The molecule has 0 atom stereocenters. The van der Waals surface area contributed by atoms with E-state index in [2.05, 4.69) is 11.9 Å². The summed E-state index contributed by atoms with van der Waals surface area (Å²) >= 11 is 5.67. The number of nitrogens with one attached hydrogen (secondary N) is 1. The van der Waals surface area contributed by atoms with Gasteiger partial charge in [-0.1, -0.05) is 30.3 Å². The van der Waals surface area contributed by atoms with Crippen LogP contribution in [0.5, 0.6) is 11.5 Å². The molecule has 0 saturated carbocycles. The fourth-order valence-electron chi connectivity index (χ4n) is 1.99. The van der Waals surface area contributed by atoms with Gasteiger partial charge in [-0.2, -0.15) is 0 Å². The normalized spacial score (nSPS) is 10.5. The van der Waals surface area contributed by atoms with Gasteiger partial charge in [0.15, 0.2) is 11.5 Å². The van der Waals surface area contributed by atoms with E-state index < -0.39 is 11.7 Å². The molecule has 0 saturated heterocycles. The van der Waals surface area contributed by atoms with Crippen LogP contribution in [0.4, 0.5) is 10.1 Å². The van der Waals surface area contributed by atoms with Crippen molar-refractivity contribution >= 4 is 29.3 Å². The van der Waals surface area contributed by atoms with Crippen LogP contribution in [0.3, 0.4) is 0 Å². The molecule has 0 unspecified atom stereocenters. The molecule has 0 aliphatic heterocycles. The zero-order valence-electron chi connectivity index (χ0n) is 13.6. The van der Waals surface area contributed by atoms with Crippen LogP contribution in [0.25, 0.3) is 6.08 Å². The van der Waals surface area contributed by atoms with E-state index in [1.54, 1.807) is 30.4 Å². The third-order valence-corrected chi connectivity index (χ3v) is 3.40. The molecule has 0 aliphatic carbocycles. The summed E-state index contributed by atoms with van der Waals surface area (Å²) in [6.07, 6.45) is 4.52. The highest BCUT2D eigenvalue weighted by molar-refractivity contribution is 6.30. The Bertz CT molecular complexity index is 805. The quantitative estimate of drug-likeness (QED) is 0.574. The topological polar surface area (TPSA) is 47.6 Å². The first-order valence-corrected chi connectivity index (χ1v) is 7.77. The van der Waals surface area contributed by atoms with E-state index in [1.165, 1.54) is 25.3 Å². The van der Waals surface area contributed by atoms with Crippen molar-refractivity contribution in [2.45, 2.75) is 0 Å². The molecule has 4 nitrogen and oxygen atoms in total. The van der Waals surface area contributed by atoms with E-state index in [0.717, 1.165) is 11.6 Å². The van der Waals surface area contributed by atoms with Gasteiger partial charge in [0, 0.05) is 11.1 Å². The number of carbonyl (C=O) groups is 1. The molecule has 0 fully saturated rings. The summed E-state index contributed by atoms with van der Waals surface area (Å²) in [5.74, 6) is 0.0483. The Balaban J connectivity index is 2.07. The van der Waals surface area contributed by atoms with Gasteiger partial charge in [0.1, 0.15) is 12.4 Å². The van der Waals surface area contributed by atoms with Crippen LogP contribution in [0.1, 0.15) is 5.56 Å². The average Bonchev–Trinajstić information content (AvgIpc) is 2.60. The van der Waals surface area contributed by atoms with E-state index in [-0.39, 0.29) is 10.7 Å². The van der Waals surface area contributed by atoms with Crippen molar-refractivity contribution < 1.29 is 18.7 Å². The number of anilines is 1. The van der Waals surface area contributed by atoms with E-state index in [1.807, 2.05) is 0 Å². The highest BCUT2D eigenvalue weighted by atomic mass is 35.5. The van der Waals surface area contributed by atoms with Crippen LogP contribution in [0, 0.1) is 5.82 Å². The lowest BCUT2D eigenvalue weighted by Crippen LogP contribution is -2.09. The first-order chi connectivity index (χ1) is 12.0. The smallest absolute Gasteiger partial charge is 0.248 e. The summed E-state index contributed by atoms with van der Waals surface area (Å²) in [5.41, 5.74) is 0.791. The predicted molar refractivity (Wildman–Crippen MR) is 97.8 cm³/mol. The minimum atomic E-state index is -0.598. The summed E-state index contributed by atoms with van der Waals surface area (Å²) in [6, 6.07) is 9.26. The number of hydrogen-bond acceptors (Lipinski definition) is 3. The summed E-state index contributed by atoms with van der Waals surface area (Å²) in [6.45, 7) is 3.95. The number of hydrogen-bond donors (Lipinski definition) is 1. The number of ether oxygens (including phenoxy) is 2. The van der Waals surface area contributed by atoms with Crippen LogP contribution in [-0.2, 0) is 4.79 Å². The molecule has 0 aliphatic rings. The minimum absolute atomic E-state index is 0.0600. The van der Waals surface area contributed by atoms with Crippen molar-refractivity contribution in [3.05, 3.63) is 71.5 Å². The third-order valence-electron chi connectivity index (χ3n) is 3.16. The molecule has 2 aromatic rings. The third kappa shape index (κ3) is 5.36. The van der Waals surface area contributed by atoms with Crippen molar-refractivity contribution in [1.29, 1.82) is 0 Å². The predicted octanol–water partition coefficient (Wildman–Crippen LogP) is 4.70. The van der Waals surface area contributed by atoms with Crippen molar-refractivity contribution in [2.24, 2.45) is 0 Å². The lowest BCUT2D eigenvalue weighted by atomic mass is 10.2. The number of halogens is 2. The molecule has 0 spiro atoms. The molecule has 2 aromatic carbocycles. The molecule has 0 bridgehead atoms. The second-order valence-electron chi connectivity index (χ2n) is 4.96. The fraction of sp³-hybridized carbons (Fsp3) is 0.105. The van der Waals surface area contributed by atoms with E-state index in [9.17, 15) is 9.18 Å². The zero-order chi connectivity index (χ0) is 18.2. The second-order valence-corrected chi connectivity index (χ2v) is 5.39. The van der Waals surface area contributed by atoms with E-state index in [0.29, 0.717) is 18.1 Å². The van der Waals surface area contributed by atoms with Crippen LogP contribution in [0.2, 0.25) is 5.02 Å². The van der Waals surface area contributed by atoms with Gasteiger partial charge in [-0.25, -0.2) is 4.39 Å². The van der Waals surface area contributed by atoms with Crippen LogP contribution < -0.4 is 14.8 Å². The second kappa shape index (κ2) is 8.89. The molecule has 6 heteroatoms. The summed E-state index contributed by atoms with van der Waals surface area (Å²) in [5, 5.41) is 2.71. The average molecular weight is 362 g/mol. The molecule has 0 aromatic heterocycles. The summed E-state index contributed by atoms with van der Waals surface area (Å²) < 4.78 is 24.4. The van der Waals surface area contributed by atoms with Crippen molar-refractivity contribution in [3.8, 4) is 11.5 Å². The van der Waals surface area contributed by atoms with Crippen molar-refractivity contribution in [1.82, 2.24) is 0 Å². The Labute approximate surface area is 150 Å². The van der Waals surface area contributed by atoms with Crippen molar-refractivity contribution in [2.75, 3.05) is 19.0 Å². The fourth-order valence-corrected chi connectivity index (χ4v) is 2.15. The van der Waals surface area contributed by atoms with Gasteiger partial charge in [-0.3, -0.25) is 4.79 Å². The summed E-state index contributed by atoms with van der Waals surface area (Å²) in [4.78, 5) is 11.9. The Morgan fingerprint density at radius 2 is 2.08 bits per heavy atom. The van der Waals surface area contributed by atoms with Crippen LogP contribution >= 0.6 is 11.6 Å². The number of benzene rings is 2. The van der Waals surface area contributed by atoms with E-state index in [4.69, 9.17) is 21.1 Å². The molecular formula is C19H17ClFNO3. The maximum atomic E-state index is 13.7. The van der Waals surface area contributed by atoms with E-state index >= 15 is 0 Å². The molecule has 2 rings (SSSR count). The number of methoxy groups -OCH3 is 1. The number of carbonyl (C=O) groups excluding carboxylic acids is 1. The lowest BCUT2D eigenvalue weighted by molar-refractivity contribution is -0.111. The maximum absolute atomic E-state index is 13.7. The summed E-state index contributed by atoms with van der Waals surface area (Å²) in [7, 11) is 1.53. The van der Waals surface area contributed by atoms with Gasteiger partial charge in [-0.15, -0.1) is 0 Å². The Morgan fingerprint density at radius 3 is 2.76 bits per heavy atom. The van der Waals surface area contributed by atoms with Gasteiger partial charge < -0.3 is 14.8 Å². The first-order valence-electron chi connectivity index (χ1n) is 7.39. The molecule has 0 heterocycles. The molecule has 0 radical (unpaired) electrons. The minimum Gasteiger partial charge on any atom is -0.493 e. The Morgan fingerprint density at radius 1 is 1.28 bits per heavy atom. The van der Waals surface area contributed by atoms with Crippen LogP contribution in [-0.4, -0.2) is 19.6 Å². The monoisotopic (exact) mass is 361 g/mol. The highest BCUT2D eigenvalue weighted by Gasteiger charge is 2.06. The van der Waals surface area contributed by atoms with Gasteiger partial charge in [0.05, 0.1) is 12.8 Å². The molecule has 25 heavy (non-hydrogen) atoms. The number of amides is 1. The molecule has 130 valence electrons. The maximum Gasteiger partial charge on any atom is 0.248 e. The molecular weight excluding hydrogens is 345 g/mol. The molecule has 1 N–H and O–H groups in total. The zero-order valence-corrected chi connectivity index (χ0v) is 14.3. The van der Waals surface area contributed by atoms with Crippen LogP contribution in [0.15, 0.2) is 55.1 Å². The van der Waals surface area contributed by atoms with Gasteiger partial charge in [-0.05, 0) is 42.0 Å². The number of rotatable bonds is 7. The van der Waals surface area contributed by atoms with Gasteiger partial charge in [0.2, 0.25) is 5.91 Å². The Hall–Kier alpha value is -2.79. The first kappa shape index (κ1) is 18.5. The highest BCUT2D eigenvalue weighted by Crippen LogP contribution is 2.28. The Kier molecular flexibility index (Phi) is 6.60. The van der Waals surface area contributed by atoms with Gasteiger partial charge >= 0.3 is 0 Å². The SMILES string of the molecule is C=CCOc1ccc(/C=C/C(=O)Nc2ccc(Cl)cc2F)cc1OC.